The molecule has 4 heteroatoms. The molecule has 3 aromatic rings. The van der Waals surface area contributed by atoms with Crippen LogP contribution in [0.5, 0.6) is 0 Å². The molecule has 0 spiro atoms. The van der Waals surface area contributed by atoms with E-state index in [1.807, 2.05) is 18.2 Å². The van der Waals surface area contributed by atoms with E-state index in [0.29, 0.717) is 11.1 Å². The van der Waals surface area contributed by atoms with E-state index < -0.39 is 5.76 Å². The smallest absolute Gasteiger partial charge is 0.408 e. The predicted octanol–water partition coefficient (Wildman–Crippen LogP) is 4.37. The first-order valence-electron chi connectivity index (χ1n) is 6.80. The molecule has 2 aromatic carbocycles. The minimum atomic E-state index is -0.448. The van der Waals surface area contributed by atoms with E-state index in [0.717, 1.165) is 11.1 Å². The average molecular weight is 302 g/mol. The third-order valence-electron chi connectivity index (χ3n) is 3.73. The number of hydrogen-bond acceptors (Lipinski definition) is 2. The number of fused-ring (bicyclic) bond motifs is 1. The average Bonchev–Trinajstić information content (AvgIpc) is 2.76. The van der Waals surface area contributed by atoms with Crippen LogP contribution in [-0.4, -0.2) is 4.98 Å². The van der Waals surface area contributed by atoms with E-state index in [9.17, 15) is 4.79 Å². The molecule has 1 unspecified atom stereocenters. The van der Waals surface area contributed by atoms with Crippen LogP contribution in [0.25, 0.3) is 11.1 Å². The van der Waals surface area contributed by atoms with Gasteiger partial charge in [0.1, 0.15) is 0 Å². The van der Waals surface area contributed by atoms with Gasteiger partial charge in [-0.3, -0.25) is 4.98 Å². The molecule has 0 fully saturated rings. The number of aromatic amines is 1. The van der Waals surface area contributed by atoms with Gasteiger partial charge >= 0.3 is 5.76 Å². The third kappa shape index (κ3) is 2.49. The first-order chi connectivity index (χ1) is 9.95. The molecular formula is C17H16ClNO2. The van der Waals surface area contributed by atoms with Crippen molar-refractivity contribution in [2.75, 3.05) is 0 Å². The van der Waals surface area contributed by atoms with E-state index in [4.69, 9.17) is 16.0 Å². The van der Waals surface area contributed by atoms with Gasteiger partial charge in [0.15, 0.2) is 5.58 Å². The molecule has 1 atom stereocenters. The second-order valence-corrected chi connectivity index (χ2v) is 5.88. The molecule has 0 saturated heterocycles. The summed E-state index contributed by atoms with van der Waals surface area (Å²) in [5.41, 5.74) is 6.81. The summed E-state index contributed by atoms with van der Waals surface area (Å²) in [4.78, 5) is 13.9. The fraction of sp³-hybridized carbons (Fsp3) is 0.235. The van der Waals surface area contributed by atoms with Gasteiger partial charge in [0.25, 0.3) is 0 Å². The van der Waals surface area contributed by atoms with Crippen LogP contribution in [-0.2, 0) is 0 Å². The molecule has 1 heterocycles. The Hall–Kier alpha value is -2.00. The lowest BCUT2D eigenvalue weighted by Crippen LogP contribution is -2.00. The van der Waals surface area contributed by atoms with Crippen molar-refractivity contribution in [2.24, 2.45) is 0 Å². The summed E-state index contributed by atoms with van der Waals surface area (Å²) in [6.07, 6.45) is 0. The Bertz CT molecular complexity index is 853. The Labute approximate surface area is 127 Å². The fourth-order valence-electron chi connectivity index (χ4n) is 2.88. The van der Waals surface area contributed by atoms with Crippen LogP contribution in [0.4, 0.5) is 0 Å². The molecular weight excluding hydrogens is 286 g/mol. The van der Waals surface area contributed by atoms with Crippen LogP contribution in [0.1, 0.15) is 33.2 Å². The van der Waals surface area contributed by atoms with Crippen LogP contribution in [0, 0.1) is 20.8 Å². The number of alkyl halides is 1. The van der Waals surface area contributed by atoms with Gasteiger partial charge in [0.2, 0.25) is 0 Å². The standard InChI is InChI=1S/C17H16ClNO2/c1-9-6-10(2)15(11(3)7-9)16(18)12-4-5-13-14(8-12)21-17(20)19-13/h4-8,16H,1-3H3,(H,19,20). The number of rotatable bonds is 2. The van der Waals surface area contributed by atoms with Crippen molar-refractivity contribution in [1.29, 1.82) is 0 Å². The molecule has 0 bridgehead atoms. The normalized spacial score (nSPS) is 12.8. The lowest BCUT2D eigenvalue weighted by atomic mass is 9.94. The second kappa shape index (κ2) is 5.08. The van der Waals surface area contributed by atoms with Crippen molar-refractivity contribution >= 4 is 22.7 Å². The van der Waals surface area contributed by atoms with Gasteiger partial charge in [-0.25, -0.2) is 4.79 Å². The number of halogens is 1. The van der Waals surface area contributed by atoms with Gasteiger partial charge in [0, 0.05) is 0 Å². The zero-order valence-corrected chi connectivity index (χ0v) is 12.9. The third-order valence-corrected chi connectivity index (χ3v) is 4.20. The quantitative estimate of drug-likeness (QED) is 0.714. The molecule has 0 aliphatic heterocycles. The van der Waals surface area contributed by atoms with Crippen LogP contribution in [0.2, 0.25) is 0 Å². The number of hydrogen-bond donors (Lipinski definition) is 1. The fourth-order valence-corrected chi connectivity index (χ4v) is 3.36. The molecule has 3 nitrogen and oxygen atoms in total. The maximum absolute atomic E-state index is 11.2. The summed E-state index contributed by atoms with van der Waals surface area (Å²) >= 11 is 6.67. The Kier molecular flexibility index (Phi) is 3.38. The Balaban J connectivity index is 2.11. The Morgan fingerprint density at radius 3 is 2.43 bits per heavy atom. The summed E-state index contributed by atoms with van der Waals surface area (Å²) < 4.78 is 5.10. The number of aromatic nitrogens is 1. The highest BCUT2D eigenvalue weighted by Gasteiger charge is 2.17. The molecule has 1 N–H and O–H groups in total. The summed E-state index contributed by atoms with van der Waals surface area (Å²) in [5, 5.41) is -0.268. The van der Waals surface area contributed by atoms with E-state index in [1.165, 1.54) is 16.7 Å². The van der Waals surface area contributed by atoms with Crippen molar-refractivity contribution in [3.63, 3.8) is 0 Å². The zero-order chi connectivity index (χ0) is 15.1. The number of benzene rings is 2. The molecule has 0 radical (unpaired) electrons. The van der Waals surface area contributed by atoms with Gasteiger partial charge < -0.3 is 4.42 Å². The maximum Gasteiger partial charge on any atom is 0.417 e. The van der Waals surface area contributed by atoms with E-state index >= 15 is 0 Å². The minimum Gasteiger partial charge on any atom is -0.408 e. The maximum atomic E-state index is 11.2. The number of oxazole rings is 1. The molecule has 0 amide bonds. The molecule has 108 valence electrons. The van der Waals surface area contributed by atoms with Crippen molar-refractivity contribution in [3.8, 4) is 0 Å². The topological polar surface area (TPSA) is 46.0 Å². The lowest BCUT2D eigenvalue weighted by molar-refractivity contribution is 0.555. The van der Waals surface area contributed by atoms with Gasteiger partial charge in [-0.1, -0.05) is 23.8 Å². The first kappa shape index (κ1) is 14.0. The lowest BCUT2D eigenvalue weighted by Gasteiger charge is -2.17. The molecule has 1 aromatic heterocycles. The van der Waals surface area contributed by atoms with Gasteiger partial charge in [-0.05, 0) is 55.2 Å². The highest BCUT2D eigenvalue weighted by atomic mass is 35.5. The van der Waals surface area contributed by atoms with E-state index in [2.05, 4.69) is 37.9 Å². The van der Waals surface area contributed by atoms with Crippen molar-refractivity contribution in [2.45, 2.75) is 26.1 Å². The number of nitrogens with one attached hydrogen (secondary N) is 1. The molecule has 0 saturated carbocycles. The minimum absolute atomic E-state index is 0.268. The molecule has 3 rings (SSSR count). The largest absolute Gasteiger partial charge is 0.417 e. The first-order valence-corrected chi connectivity index (χ1v) is 7.24. The van der Waals surface area contributed by atoms with E-state index in [-0.39, 0.29) is 5.38 Å². The van der Waals surface area contributed by atoms with Crippen LogP contribution >= 0.6 is 11.6 Å². The van der Waals surface area contributed by atoms with Gasteiger partial charge in [0.05, 0.1) is 10.9 Å². The van der Waals surface area contributed by atoms with Gasteiger partial charge in [-0.2, -0.15) is 0 Å². The van der Waals surface area contributed by atoms with Crippen LogP contribution < -0.4 is 5.76 Å². The summed E-state index contributed by atoms with van der Waals surface area (Å²) in [6, 6.07) is 9.83. The van der Waals surface area contributed by atoms with Crippen molar-refractivity contribution in [1.82, 2.24) is 4.98 Å². The summed E-state index contributed by atoms with van der Waals surface area (Å²) in [5.74, 6) is -0.448. The SMILES string of the molecule is Cc1cc(C)c(C(Cl)c2ccc3[nH]c(=O)oc3c2)c(C)c1. The molecule has 0 aliphatic carbocycles. The summed E-state index contributed by atoms with van der Waals surface area (Å²) in [6.45, 7) is 6.22. The monoisotopic (exact) mass is 301 g/mol. The number of aryl methyl sites for hydroxylation is 3. The zero-order valence-electron chi connectivity index (χ0n) is 12.2. The molecule has 21 heavy (non-hydrogen) atoms. The van der Waals surface area contributed by atoms with Crippen molar-refractivity contribution < 1.29 is 4.42 Å². The predicted molar refractivity (Wildman–Crippen MR) is 85.2 cm³/mol. The number of H-pyrrole nitrogens is 1. The van der Waals surface area contributed by atoms with Crippen LogP contribution in [0.15, 0.2) is 39.5 Å². The Morgan fingerprint density at radius 2 is 1.76 bits per heavy atom. The summed E-state index contributed by atoms with van der Waals surface area (Å²) in [7, 11) is 0. The van der Waals surface area contributed by atoms with E-state index in [1.54, 1.807) is 0 Å². The van der Waals surface area contributed by atoms with Crippen LogP contribution in [0.3, 0.4) is 0 Å². The second-order valence-electron chi connectivity index (χ2n) is 5.45. The highest BCUT2D eigenvalue weighted by molar-refractivity contribution is 6.23. The molecule has 0 aliphatic rings. The van der Waals surface area contributed by atoms with Gasteiger partial charge in [-0.15, -0.1) is 11.6 Å². The highest BCUT2D eigenvalue weighted by Crippen LogP contribution is 2.34. The Morgan fingerprint density at radius 1 is 1.10 bits per heavy atom. The van der Waals surface area contributed by atoms with Crippen molar-refractivity contribution in [3.05, 3.63) is 68.7 Å².